The molecule has 0 heterocycles. The summed E-state index contributed by atoms with van der Waals surface area (Å²) in [4.78, 5) is 23.7. The Morgan fingerprint density at radius 3 is 2.16 bits per heavy atom. The van der Waals surface area contributed by atoms with E-state index in [9.17, 15) is 18.0 Å². The number of sulfone groups is 1. The third kappa shape index (κ3) is 5.30. The van der Waals surface area contributed by atoms with Gasteiger partial charge in [-0.3, -0.25) is 0 Å². The molecular weight excluding hydrogens is 368 g/mol. The molecule has 0 saturated heterocycles. The minimum absolute atomic E-state index is 0.0423. The van der Waals surface area contributed by atoms with Gasteiger partial charge < -0.3 is 9.47 Å². The summed E-state index contributed by atoms with van der Waals surface area (Å²) in [5.41, 5.74) is 0.316. The van der Waals surface area contributed by atoms with Crippen LogP contribution in [0.4, 0.5) is 0 Å². The highest BCUT2D eigenvalue weighted by Crippen LogP contribution is 2.21. The summed E-state index contributed by atoms with van der Waals surface area (Å²) < 4.78 is 33.0. The summed E-state index contributed by atoms with van der Waals surface area (Å²) in [6.45, 7) is -0.320. The molecule has 2 aromatic carbocycles. The van der Waals surface area contributed by atoms with Gasteiger partial charge in [0.25, 0.3) is 0 Å². The highest BCUT2D eigenvalue weighted by Gasteiger charge is 2.17. The molecule has 0 radical (unpaired) electrons. The van der Waals surface area contributed by atoms with Crippen molar-refractivity contribution in [2.75, 3.05) is 19.5 Å². The molecule has 2 rings (SSSR count). The van der Waals surface area contributed by atoms with Crippen LogP contribution in [-0.4, -0.2) is 39.8 Å². The second-order valence-corrected chi connectivity index (χ2v) is 7.47. The molecule has 0 aliphatic heterocycles. The minimum Gasteiger partial charge on any atom is -0.458 e. The Hall–Kier alpha value is -2.38. The monoisotopic (exact) mass is 382 g/mol. The number of benzene rings is 2. The van der Waals surface area contributed by atoms with Gasteiger partial charge in [-0.15, -0.1) is 0 Å². The lowest BCUT2D eigenvalue weighted by Gasteiger charge is -2.08. The zero-order valence-electron chi connectivity index (χ0n) is 13.3. The predicted molar refractivity (Wildman–Crippen MR) is 91.6 cm³/mol. The van der Waals surface area contributed by atoms with E-state index in [1.807, 2.05) is 0 Å². The van der Waals surface area contributed by atoms with Crippen LogP contribution in [0.2, 0.25) is 5.02 Å². The quantitative estimate of drug-likeness (QED) is 0.564. The van der Waals surface area contributed by atoms with E-state index < -0.39 is 21.8 Å². The second-order valence-electron chi connectivity index (χ2n) is 5.05. The third-order valence-electron chi connectivity index (χ3n) is 3.15. The van der Waals surface area contributed by atoms with Crippen molar-refractivity contribution in [3.05, 3.63) is 64.7 Å². The van der Waals surface area contributed by atoms with E-state index in [1.54, 1.807) is 30.3 Å². The van der Waals surface area contributed by atoms with Crippen LogP contribution >= 0.6 is 11.6 Å². The van der Waals surface area contributed by atoms with Gasteiger partial charge in [-0.1, -0.05) is 29.8 Å². The van der Waals surface area contributed by atoms with Crippen LogP contribution in [0.5, 0.6) is 0 Å². The molecule has 0 atom stereocenters. The van der Waals surface area contributed by atoms with Gasteiger partial charge in [-0.05, 0) is 30.3 Å². The molecule has 0 amide bonds. The summed E-state index contributed by atoms with van der Waals surface area (Å²) in [6, 6.07) is 12.1. The topological polar surface area (TPSA) is 86.7 Å². The fraction of sp³-hybridized carbons (Fsp3) is 0.176. The first kappa shape index (κ1) is 19.0. The molecule has 132 valence electrons. The molecule has 0 aliphatic rings. The van der Waals surface area contributed by atoms with Crippen LogP contribution in [0.1, 0.15) is 20.7 Å². The standard InChI is InChI=1S/C17H15ClO6S/c1-25(21,22)13-7-8-15(18)14(11-13)17(20)24-10-9-23-16(19)12-5-3-2-4-6-12/h2-8,11H,9-10H2,1H3. The first-order valence-corrected chi connectivity index (χ1v) is 9.45. The summed E-state index contributed by atoms with van der Waals surface area (Å²) >= 11 is 5.90. The Balaban J connectivity index is 1.92. The first-order chi connectivity index (χ1) is 11.8. The molecule has 0 aliphatic carbocycles. The van der Waals surface area contributed by atoms with Crippen LogP contribution in [0.15, 0.2) is 53.4 Å². The van der Waals surface area contributed by atoms with Crippen LogP contribution < -0.4 is 0 Å². The fourth-order valence-corrected chi connectivity index (χ4v) is 2.74. The summed E-state index contributed by atoms with van der Waals surface area (Å²) in [5, 5.41) is 0.0682. The smallest absolute Gasteiger partial charge is 0.339 e. The number of esters is 2. The number of halogens is 1. The average molecular weight is 383 g/mol. The van der Waals surface area contributed by atoms with Crippen molar-refractivity contribution in [2.45, 2.75) is 4.90 Å². The van der Waals surface area contributed by atoms with Gasteiger partial charge in [0.15, 0.2) is 9.84 Å². The van der Waals surface area contributed by atoms with Gasteiger partial charge in [0.2, 0.25) is 0 Å². The maximum Gasteiger partial charge on any atom is 0.339 e. The number of rotatable bonds is 6. The molecule has 0 aromatic heterocycles. The first-order valence-electron chi connectivity index (χ1n) is 7.18. The van der Waals surface area contributed by atoms with Gasteiger partial charge in [-0.25, -0.2) is 18.0 Å². The van der Waals surface area contributed by atoms with E-state index in [0.29, 0.717) is 5.56 Å². The van der Waals surface area contributed by atoms with E-state index in [0.717, 1.165) is 12.3 Å². The van der Waals surface area contributed by atoms with E-state index in [1.165, 1.54) is 12.1 Å². The van der Waals surface area contributed by atoms with Gasteiger partial charge in [0.05, 0.1) is 21.0 Å². The van der Waals surface area contributed by atoms with Gasteiger partial charge in [0.1, 0.15) is 13.2 Å². The predicted octanol–water partition coefficient (Wildman–Crippen LogP) is 2.76. The van der Waals surface area contributed by atoms with Crippen molar-refractivity contribution in [1.82, 2.24) is 0 Å². The Bertz CT molecular complexity index is 877. The van der Waals surface area contributed by atoms with E-state index in [-0.39, 0.29) is 28.7 Å². The molecule has 0 spiro atoms. The highest BCUT2D eigenvalue weighted by atomic mass is 35.5. The molecule has 0 N–H and O–H groups in total. The molecule has 0 unspecified atom stereocenters. The molecule has 6 nitrogen and oxygen atoms in total. The summed E-state index contributed by atoms with van der Waals surface area (Å²) in [6.07, 6.45) is 1.02. The lowest BCUT2D eigenvalue weighted by Crippen LogP contribution is -2.14. The highest BCUT2D eigenvalue weighted by molar-refractivity contribution is 7.90. The molecule has 8 heteroatoms. The van der Waals surface area contributed by atoms with Crippen molar-refractivity contribution >= 4 is 33.4 Å². The van der Waals surface area contributed by atoms with Crippen molar-refractivity contribution in [3.8, 4) is 0 Å². The van der Waals surface area contributed by atoms with Crippen molar-refractivity contribution in [2.24, 2.45) is 0 Å². The lowest BCUT2D eigenvalue weighted by atomic mass is 10.2. The van der Waals surface area contributed by atoms with E-state index in [2.05, 4.69) is 0 Å². The van der Waals surface area contributed by atoms with Crippen molar-refractivity contribution in [3.63, 3.8) is 0 Å². The van der Waals surface area contributed by atoms with Crippen LogP contribution in [0, 0.1) is 0 Å². The Labute approximate surface area is 150 Å². The van der Waals surface area contributed by atoms with Crippen molar-refractivity contribution in [1.29, 1.82) is 0 Å². The zero-order valence-corrected chi connectivity index (χ0v) is 14.8. The number of carbonyl (C=O) groups excluding carboxylic acids is 2. The fourth-order valence-electron chi connectivity index (χ4n) is 1.90. The summed E-state index contributed by atoms with van der Waals surface area (Å²) in [7, 11) is -3.48. The average Bonchev–Trinajstić information content (AvgIpc) is 2.58. The normalized spacial score (nSPS) is 11.0. The van der Waals surface area contributed by atoms with Crippen LogP contribution in [0.25, 0.3) is 0 Å². The van der Waals surface area contributed by atoms with E-state index in [4.69, 9.17) is 21.1 Å². The summed E-state index contributed by atoms with van der Waals surface area (Å²) in [5.74, 6) is -1.33. The second kappa shape index (κ2) is 8.13. The Morgan fingerprint density at radius 2 is 1.56 bits per heavy atom. The zero-order chi connectivity index (χ0) is 18.4. The SMILES string of the molecule is CS(=O)(=O)c1ccc(Cl)c(C(=O)OCCOC(=O)c2ccccc2)c1. The molecule has 0 fully saturated rings. The van der Waals surface area contributed by atoms with Gasteiger partial charge in [0, 0.05) is 6.26 Å². The van der Waals surface area contributed by atoms with Crippen molar-refractivity contribution < 1.29 is 27.5 Å². The van der Waals surface area contributed by atoms with Gasteiger partial charge >= 0.3 is 11.9 Å². The number of carbonyl (C=O) groups is 2. The minimum atomic E-state index is -3.48. The maximum absolute atomic E-state index is 12.0. The Kier molecular flexibility index (Phi) is 6.17. The Morgan fingerprint density at radius 1 is 0.960 bits per heavy atom. The molecule has 0 saturated carbocycles. The molecular formula is C17H15ClO6S. The number of ether oxygens (including phenoxy) is 2. The molecule has 25 heavy (non-hydrogen) atoms. The number of hydrogen-bond acceptors (Lipinski definition) is 6. The van der Waals surface area contributed by atoms with Crippen LogP contribution in [0.3, 0.4) is 0 Å². The van der Waals surface area contributed by atoms with Crippen LogP contribution in [-0.2, 0) is 19.3 Å². The van der Waals surface area contributed by atoms with Gasteiger partial charge in [-0.2, -0.15) is 0 Å². The molecule has 0 bridgehead atoms. The third-order valence-corrected chi connectivity index (χ3v) is 4.58. The lowest BCUT2D eigenvalue weighted by molar-refractivity contribution is 0.0265. The number of hydrogen-bond donors (Lipinski definition) is 0. The largest absolute Gasteiger partial charge is 0.458 e. The molecule has 2 aromatic rings. The maximum atomic E-state index is 12.0. The van der Waals surface area contributed by atoms with E-state index >= 15 is 0 Å².